The highest BCUT2D eigenvalue weighted by atomic mass is 32.2. The summed E-state index contributed by atoms with van der Waals surface area (Å²) in [5.74, 6) is -0.448. The van der Waals surface area contributed by atoms with Gasteiger partial charge in [0.25, 0.3) is 0 Å². The third kappa shape index (κ3) is 2.69. The summed E-state index contributed by atoms with van der Waals surface area (Å²) in [4.78, 5) is 11.1. The third-order valence-corrected chi connectivity index (χ3v) is 2.63. The maximum Gasteiger partial charge on any atom is 0.337 e. The molecule has 0 saturated heterocycles. The van der Waals surface area contributed by atoms with Crippen molar-refractivity contribution in [3.8, 4) is 0 Å². The van der Waals surface area contributed by atoms with E-state index < -0.39 is 16.9 Å². The lowest BCUT2D eigenvalue weighted by Gasteiger charge is -2.10. The number of ether oxygens (including phenoxy) is 1. The van der Waals surface area contributed by atoms with Crippen molar-refractivity contribution >= 4 is 22.5 Å². The topological polar surface area (TPSA) is 63.7 Å². The Morgan fingerprint density at radius 2 is 1.80 bits per heavy atom. The zero-order chi connectivity index (χ0) is 11.4. The number of rotatable bonds is 3. The summed E-state index contributed by atoms with van der Waals surface area (Å²) in [6, 6.07) is 6.10. The molecule has 0 fully saturated rings. The quantitative estimate of drug-likeness (QED) is 0.603. The summed E-state index contributed by atoms with van der Waals surface area (Å²) in [6.45, 7) is 0. The van der Waals surface area contributed by atoms with E-state index in [0.717, 1.165) is 4.31 Å². The largest absolute Gasteiger partial charge is 0.465 e. The van der Waals surface area contributed by atoms with Crippen LogP contribution in [0.25, 0.3) is 0 Å². The second kappa shape index (κ2) is 4.79. The number of carbonyl (C=O) groups excluding carboxylic acids is 1. The number of methoxy groups -OCH3 is 1. The number of thiol groups is 1. The fourth-order valence-electron chi connectivity index (χ4n) is 1.03. The molecule has 0 atom stereocenters. The number of esters is 1. The first-order chi connectivity index (χ1) is 7.06. The van der Waals surface area contributed by atoms with Gasteiger partial charge in [-0.25, -0.2) is 13.2 Å². The summed E-state index contributed by atoms with van der Waals surface area (Å²) in [6.07, 6.45) is 0. The molecule has 1 rings (SSSR count). The molecular weight excluding hydrogens is 218 g/mol. The van der Waals surface area contributed by atoms with Crippen molar-refractivity contribution in [1.29, 1.82) is 0 Å². The van der Waals surface area contributed by atoms with Crippen molar-refractivity contribution in [2.24, 2.45) is 0 Å². The number of anilines is 1. The van der Waals surface area contributed by atoms with Crippen LogP contribution < -0.4 is 4.31 Å². The standard InChI is InChI=1S/C9H11NO4S/c1-10(15(12)13)8-5-3-7(4-6-8)9(11)14-2/h3-6,15H,1-2H3. The molecule has 0 aliphatic carbocycles. The minimum atomic E-state index is -2.65. The molecule has 6 heteroatoms. The average molecular weight is 229 g/mol. The first-order valence-electron chi connectivity index (χ1n) is 4.12. The fraction of sp³-hybridized carbons (Fsp3) is 0.222. The van der Waals surface area contributed by atoms with E-state index >= 15 is 0 Å². The minimum Gasteiger partial charge on any atom is -0.465 e. The maximum absolute atomic E-state index is 11.1. The SMILES string of the molecule is COC(=O)c1ccc(N(C)[SH](=O)=O)cc1. The Bertz CT molecular complexity index is 416. The van der Waals surface area contributed by atoms with E-state index in [1.807, 2.05) is 0 Å². The van der Waals surface area contributed by atoms with E-state index in [4.69, 9.17) is 0 Å². The first kappa shape index (κ1) is 11.5. The highest BCUT2D eigenvalue weighted by Gasteiger charge is 2.06. The Labute approximate surface area is 89.4 Å². The highest BCUT2D eigenvalue weighted by molar-refractivity contribution is 7.74. The highest BCUT2D eigenvalue weighted by Crippen LogP contribution is 2.14. The van der Waals surface area contributed by atoms with Crippen molar-refractivity contribution < 1.29 is 17.9 Å². The van der Waals surface area contributed by atoms with Gasteiger partial charge in [-0.05, 0) is 24.3 Å². The molecule has 0 N–H and O–H groups in total. The monoisotopic (exact) mass is 229 g/mol. The molecule has 82 valence electrons. The van der Waals surface area contributed by atoms with Gasteiger partial charge in [0, 0.05) is 7.05 Å². The molecule has 0 saturated carbocycles. The molecule has 0 aromatic heterocycles. The van der Waals surface area contributed by atoms with Gasteiger partial charge in [-0.3, -0.25) is 4.31 Å². The van der Waals surface area contributed by atoms with Crippen LogP contribution in [0, 0.1) is 0 Å². The summed E-state index contributed by atoms with van der Waals surface area (Å²) in [5.41, 5.74) is 0.884. The average Bonchev–Trinajstić information content (AvgIpc) is 2.27. The Morgan fingerprint density at radius 1 is 1.27 bits per heavy atom. The van der Waals surface area contributed by atoms with Gasteiger partial charge in [-0.2, -0.15) is 0 Å². The van der Waals surface area contributed by atoms with E-state index in [2.05, 4.69) is 4.74 Å². The number of hydrogen-bond donors (Lipinski definition) is 1. The second-order valence-electron chi connectivity index (χ2n) is 2.80. The number of benzene rings is 1. The predicted molar refractivity (Wildman–Crippen MR) is 56.5 cm³/mol. The van der Waals surface area contributed by atoms with Crippen LogP contribution in [-0.4, -0.2) is 28.5 Å². The fourth-order valence-corrected chi connectivity index (χ4v) is 1.35. The zero-order valence-corrected chi connectivity index (χ0v) is 9.23. The van der Waals surface area contributed by atoms with Crippen LogP contribution in [0.3, 0.4) is 0 Å². The molecule has 0 spiro atoms. The van der Waals surface area contributed by atoms with Gasteiger partial charge in [0.05, 0.1) is 18.4 Å². The van der Waals surface area contributed by atoms with E-state index in [0.29, 0.717) is 11.3 Å². The van der Waals surface area contributed by atoms with Crippen molar-refractivity contribution in [3.63, 3.8) is 0 Å². The van der Waals surface area contributed by atoms with Gasteiger partial charge in [-0.15, -0.1) is 0 Å². The van der Waals surface area contributed by atoms with E-state index in [1.54, 1.807) is 0 Å². The molecule has 0 heterocycles. The molecule has 1 aromatic rings. The van der Waals surface area contributed by atoms with Crippen molar-refractivity contribution in [1.82, 2.24) is 0 Å². The lowest BCUT2D eigenvalue weighted by atomic mass is 10.2. The van der Waals surface area contributed by atoms with Crippen LogP contribution in [0.1, 0.15) is 10.4 Å². The van der Waals surface area contributed by atoms with Gasteiger partial charge in [0.15, 0.2) is 0 Å². The van der Waals surface area contributed by atoms with Crippen LogP contribution in [-0.2, 0) is 15.6 Å². The smallest absolute Gasteiger partial charge is 0.337 e. The lowest BCUT2D eigenvalue weighted by Crippen LogP contribution is -2.14. The molecule has 0 bridgehead atoms. The van der Waals surface area contributed by atoms with E-state index in [9.17, 15) is 13.2 Å². The zero-order valence-electron chi connectivity index (χ0n) is 8.34. The van der Waals surface area contributed by atoms with Crippen LogP contribution in [0.15, 0.2) is 24.3 Å². The van der Waals surface area contributed by atoms with Gasteiger partial charge >= 0.3 is 5.97 Å². The maximum atomic E-state index is 11.1. The molecule has 0 amide bonds. The predicted octanol–water partition coefficient (Wildman–Crippen LogP) is 0.436. The Balaban J connectivity index is 2.94. The molecular formula is C9H11NO4S. The Hall–Kier alpha value is -1.56. The minimum absolute atomic E-state index is 0.385. The molecule has 0 unspecified atom stereocenters. The van der Waals surface area contributed by atoms with Crippen LogP contribution in [0.2, 0.25) is 0 Å². The molecule has 0 aliphatic heterocycles. The van der Waals surface area contributed by atoms with E-state index in [1.165, 1.54) is 38.4 Å². The normalized spacial score (nSPS) is 10.1. The van der Waals surface area contributed by atoms with Crippen LogP contribution in [0.5, 0.6) is 0 Å². The summed E-state index contributed by atoms with van der Waals surface area (Å²) in [5, 5.41) is 0. The van der Waals surface area contributed by atoms with Crippen LogP contribution in [0.4, 0.5) is 5.69 Å². The molecule has 0 radical (unpaired) electrons. The van der Waals surface area contributed by atoms with Crippen molar-refractivity contribution in [2.45, 2.75) is 0 Å². The second-order valence-corrected chi connectivity index (χ2v) is 3.88. The number of hydrogen-bond acceptors (Lipinski definition) is 4. The summed E-state index contributed by atoms with van der Waals surface area (Å²) in [7, 11) is 0.0686. The molecule has 15 heavy (non-hydrogen) atoms. The van der Waals surface area contributed by atoms with Gasteiger partial charge in [0.1, 0.15) is 0 Å². The third-order valence-electron chi connectivity index (χ3n) is 1.91. The van der Waals surface area contributed by atoms with E-state index in [-0.39, 0.29) is 0 Å². The van der Waals surface area contributed by atoms with Gasteiger partial charge in [-0.1, -0.05) is 0 Å². The van der Waals surface area contributed by atoms with Gasteiger partial charge in [0.2, 0.25) is 10.9 Å². The lowest BCUT2D eigenvalue weighted by molar-refractivity contribution is 0.0601. The van der Waals surface area contributed by atoms with Gasteiger partial charge < -0.3 is 4.74 Å². The Morgan fingerprint density at radius 3 is 2.20 bits per heavy atom. The van der Waals surface area contributed by atoms with Crippen LogP contribution >= 0.6 is 0 Å². The van der Waals surface area contributed by atoms with Crippen molar-refractivity contribution in [3.05, 3.63) is 29.8 Å². The number of nitrogens with zero attached hydrogens (tertiary/aromatic N) is 1. The number of carbonyl (C=O) groups is 1. The first-order valence-corrected chi connectivity index (χ1v) is 5.25. The molecule has 0 aliphatic rings. The summed E-state index contributed by atoms with van der Waals surface area (Å²) >= 11 is 0. The van der Waals surface area contributed by atoms with Crippen molar-refractivity contribution in [2.75, 3.05) is 18.5 Å². The summed E-state index contributed by atoms with van der Waals surface area (Å²) < 4.78 is 26.9. The molecule has 5 nitrogen and oxygen atoms in total. The Kier molecular flexibility index (Phi) is 3.68. The molecule has 1 aromatic carbocycles.